The van der Waals surface area contributed by atoms with Crippen LogP contribution in [0.5, 0.6) is 0 Å². The van der Waals surface area contributed by atoms with Crippen LogP contribution < -0.4 is 5.32 Å². The van der Waals surface area contributed by atoms with Crippen LogP contribution in [0.3, 0.4) is 0 Å². The van der Waals surface area contributed by atoms with Crippen molar-refractivity contribution in [3.63, 3.8) is 0 Å². The van der Waals surface area contributed by atoms with E-state index in [1.807, 2.05) is 0 Å². The van der Waals surface area contributed by atoms with Gasteiger partial charge in [-0.3, -0.25) is 9.26 Å². The van der Waals surface area contributed by atoms with E-state index in [4.69, 9.17) is 5.11 Å². The van der Waals surface area contributed by atoms with Gasteiger partial charge in [-0.25, -0.2) is 0 Å². The van der Waals surface area contributed by atoms with Gasteiger partial charge in [0.15, 0.2) is 6.10 Å². The average Bonchev–Trinajstić information content (AvgIpc) is 3.02. The van der Waals surface area contributed by atoms with Gasteiger partial charge in [-0.05, 0) is 0 Å². The Morgan fingerprint density at radius 1 is 1.60 bits per heavy atom. The van der Waals surface area contributed by atoms with E-state index in [1.54, 1.807) is 5.06 Å². The molecule has 1 amide bonds. The van der Waals surface area contributed by atoms with Gasteiger partial charge in [0, 0.05) is 6.92 Å². The predicted molar refractivity (Wildman–Crippen MR) is 46.1 cm³/mol. The normalized spacial score (nSPS) is 55.9. The first kappa shape index (κ1) is 9.49. The first-order chi connectivity index (χ1) is 7.05. The number of nitrogens with one attached hydrogen (secondary N) is 1. The highest BCUT2D eigenvalue weighted by molar-refractivity contribution is 5.75. The van der Waals surface area contributed by atoms with Crippen LogP contribution in [0.1, 0.15) is 6.92 Å². The molecule has 0 saturated carbocycles. The van der Waals surface area contributed by atoms with E-state index in [1.165, 1.54) is 6.92 Å². The number of fused-ring (bicyclic) bond motifs is 2. The van der Waals surface area contributed by atoms with Crippen molar-refractivity contribution in [3.8, 4) is 0 Å². The molecule has 84 valence electrons. The molecule has 6 atom stereocenters. The smallest absolute Gasteiger partial charge is 0.347 e. The van der Waals surface area contributed by atoms with Crippen LogP contribution in [0.15, 0.2) is 0 Å². The quantitative estimate of drug-likeness (QED) is 0.293. The number of carbonyl (C=O) groups excluding carboxylic acids is 1. The molecule has 0 aromatic rings. The zero-order chi connectivity index (χ0) is 11.0. The number of hydrogen-bond donors (Lipinski definition) is 4. The largest absolute Gasteiger partial charge is 0.388 e. The summed E-state index contributed by atoms with van der Waals surface area (Å²) in [4.78, 5) is 11.0. The third-order valence-corrected chi connectivity index (χ3v) is 3.32. The molecule has 0 spiro atoms. The lowest BCUT2D eigenvalue weighted by Gasteiger charge is -2.37. The van der Waals surface area contributed by atoms with Crippen LogP contribution in [0.4, 0.5) is 0 Å². The number of carbonyl (C=O) groups is 1. The summed E-state index contributed by atoms with van der Waals surface area (Å²) in [6, 6.07) is 0. The van der Waals surface area contributed by atoms with Crippen LogP contribution in [0.25, 0.3) is 0 Å². The van der Waals surface area contributed by atoms with Crippen LogP contribution in [-0.2, 0) is 9.26 Å². The molecule has 0 radical (unpaired) electrons. The van der Waals surface area contributed by atoms with Gasteiger partial charge < -0.3 is 20.6 Å². The topological polar surface area (TPSA) is 95.5 Å². The number of aliphatic hydroxyl groups excluding tert-OH is 3. The SMILES string of the molecule is CC(=O)N[C@]12[C@@H]3N1[O+]3[C@H](CO)[C@@H](O)[C@@H]2O. The Hall–Kier alpha value is -0.730. The third-order valence-electron chi connectivity index (χ3n) is 3.32. The molecule has 4 N–H and O–H groups in total. The molecule has 0 aliphatic carbocycles. The van der Waals surface area contributed by atoms with Gasteiger partial charge in [0.25, 0.3) is 5.66 Å². The maximum atomic E-state index is 11.0. The lowest BCUT2D eigenvalue weighted by molar-refractivity contribution is -0.327. The van der Waals surface area contributed by atoms with Gasteiger partial charge >= 0.3 is 6.23 Å². The highest BCUT2D eigenvalue weighted by Crippen LogP contribution is 2.68. The van der Waals surface area contributed by atoms with Crippen molar-refractivity contribution < 1.29 is 24.6 Å². The van der Waals surface area contributed by atoms with Gasteiger partial charge in [-0.15, -0.1) is 0 Å². The number of rotatable bonds is 2. The summed E-state index contributed by atoms with van der Waals surface area (Å²) in [6.07, 6.45) is -2.82. The van der Waals surface area contributed by atoms with E-state index in [9.17, 15) is 15.0 Å². The fourth-order valence-electron chi connectivity index (χ4n) is 2.59. The van der Waals surface area contributed by atoms with Crippen molar-refractivity contribution in [3.05, 3.63) is 0 Å². The van der Waals surface area contributed by atoms with E-state index in [-0.39, 0.29) is 18.7 Å². The van der Waals surface area contributed by atoms with Gasteiger partial charge in [-0.2, -0.15) is 0 Å². The molecule has 3 heterocycles. The maximum absolute atomic E-state index is 11.0. The molecule has 3 fully saturated rings. The summed E-state index contributed by atoms with van der Waals surface area (Å²) in [5, 5.41) is 32.8. The zero-order valence-electron chi connectivity index (χ0n) is 8.12. The standard InChI is InChI=1S/C8H12N2O5/c1-3(12)9-8-6(14)5(13)4(2-11)15-7(8)10(8)15/h4-7,11,13-14H,2H2,1H3/p+1/t4-,5-,6+,7-,8+,10?/m1/s1. The van der Waals surface area contributed by atoms with Gasteiger partial charge in [-0.1, -0.05) is 0 Å². The molecule has 3 rings (SSSR count). The summed E-state index contributed by atoms with van der Waals surface area (Å²) in [6.45, 7) is 1.12. The second-order valence-corrected chi connectivity index (χ2v) is 4.19. The first-order valence-corrected chi connectivity index (χ1v) is 4.82. The average molecular weight is 217 g/mol. The van der Waals surface area contributed by atoms with E-state index < -0.39 is 24.0 Å². The molecule has 3 aliphatic rings. The highest BCUT2D eigenvalue weighted by Gasteiger charge is 3.03. The summed E-state index contributed by atoms with van der Waals surface area (Å²) >= 11 is 0. The lowest BCUT2D eigenvalue weighted by atomic mass is 9.96. The summed E-state index contributed by atoms with van der Waals surface area (Å²) in [5.41, 5.74) is -0.846. The van der Waals surface area contributed by atoms with Crippen LogP contribution in [0, 0.1) is 0 Å². The molecule has 0 aromatic carbocycles. The number of hydrogen-bond acceptors (Lipinski definition) is 5. The Balaban J connectivity index is 1.81. The molecule has 15 heavy (non-hydrogen) atoms. The Kier molecular flexibility index (Phi) is 1.58. The molecular weight excluding hydrogens is 204 g/mol. The lowest BCUT2D eigenvalue weighted by Crippen LogP contribution is -2.69. The van der Waals surface area contributed by atoms with E-state index in [2.05, 4.69) is 9.78 Å². The minimum Gasteiger partial charge on any atom is -0.388 e. The van der Waals surface area contributed by atoms with Crippen molar-refractivity contribution in [1.29, 1.82) is 0 Å². The molecular formula is C8H13N2O5+. The fourth-order valence-corrected chi connectivity index (χ4v) is 2.59. The Morgan fingerprint density at radius 2 is 2.20 bits per heavy atom. The summed E-state index contributed by atoms with van der Waals surface area (Å²) in [7, 11) is 0. The van der Waals surface area contributed by atoms with Crippen molar-refractivity contribution in [2.75, 3.05) is 6.61 Å². The van der Waals surface area contributed by atoms with Gasteiger partial charge in [0.1, 0.15) is 12.7 Å². The summed E-state index contributed by atoms with van der Waals surface area (Å²) in [5.74, 6) is -0.253. The molecule has 7 nitrogen and oxygen atoms in total. The van der Waals surface area contributed by atoms with E-state index >= 15 is 0 Å². The van der Waals surface area contributed by atoms with Crippen molar-refractivity contribution >= 4 is 5.91 Å². The van der Waals surface area contributed by atoms with Crippen LogP contribution in [-0.4, -0.2) is 63.1 Å². The molecule has 0 aromatic heterocycles. The van der Waals surface area contributed by atoms with Crippen molar-refractivity contribution in [1.82, 2.24) is 10.4 Å². The molecule has 3 aliphatic heterocycles. The second kappa shape index (κ2) is 2.50. The monoisotopic (exact) mass is 217 g/mol. The van der Waals surface area contributed by atoms with Gasteiger partial charge in [0.2, 0.25) is 12.0 Å². The number of hydroxylamine groups is 2. The molecule has 1 unspecified atom stereocenters. The highest BCUT2D eigenvalue weighted by atomic mass is 17.1. The van der Waals surface area contributed by atoms with E-state index in [0.29, 0.717) is 0 Å². The van der Waals surface area contributed by atoms with Gasteiger partial charge in [0.05, 0.1) is 5.06 Å². The third kappa shape index (κ3) is 0.860. The minimum absolute atomic E-state index is 0.142. The summed E-state index contributed by atoms with van der Waals surface area (Å²) < 4.78 is 2.59. The van der Waals surface area contributed by atoms with Crippen LogP contribution >= 0.6 is 0 Å². The molecule has 0 bridgehead atoms. The van der Waals surface area contributed by atoms with Crippen molar-refractivity contribution in [2.45, 2.75) is 37.1 Å². The zero-order valence-corrected chi connectivity index (χ0v) is 8.12. The van der Waals surface area contributed by atoms with Crippen LogP contribution in [0.2, 0.25) is 0 Å². The second-order valence-electron chi connectivity index (χ2n) is 4.19. The van der Waals surface area contributed by atoms with Crippen molar-refractivity contribution in [2.24, 2.45) is 0 Å². The Bertz CT molecular complexity index is 325. The Morgan fingerprint density at radius 3 is 2.67 bits per heavy atom. The van der Waals surface area contributed by atoms with E-state index in [0.717, 1.165) is 0 Å². The predicted octanol–water partition coefficient (Wildman–Crippen LogP) is -2.96. The number of aliphatic hydroxyl groups is 3. The maximum Gasteiger partial charge on any atom is 0.347 e. The first-order valence-electron chi connectivity index (χ1n) is 4.82. The number of nitrogens with zero attached hydrogens (tertiary/aromatic N) is 1. The minimum atomic E-state index is -1.07. The Labute approximate surface area is 85.5 Å². The molecule has 3 saturated heterocycles. The fraction of sp³-hybridized carbons (Fsp3) is 0.875. The number of amides is 1. The molecule has 7 heteroatoms.